The van der Waals surface area contributed by atoms with Crippen molar-refractivity contribution < 1.29 is 0 Å². The summed E-state index contributed by atoms with van der Waals surface area (Å²) in [4.78, 5) is 2.55. The van der Waals surface area contributed by atoms with Crippen LogP contribution in [0.4, 0.5) is 17.2 Å². The number of rotatable bonds is 7. The van der Waals surface area contributed by atoms with E-state index in [1.165, 1.54) is 107 Å². The summed E-state index contributed by atoms with van der Waals surface area (Å²) in [5.41, 5.74) is 23.0. The van der Waals surface area contributed by atoms with Gasteiger partial charge in [0.1, 0.15) is 5.82 Å². The minimum Gasteiger partial charge on any atom is -0.296 e. The van der Waals surface area contributed by atoms with Crippen LogP contribution in [0.15, 0.2) is 182 Å². The molecule has 0 N–H and O–H groups in total. The van der Waals surface area contributed by atoms with E-state index in [9.17, 15) is 0 Å². The van der Waals surface area contributed by atoms with E-state index in [-0.39, 0.29) is 5.41 Å². The third kappa shape index (κ3) is 5.77. The number of thiophene rings is 1. The topological polar surface area (TPSA) is 8.17 Å². The summed E-state index contributed by atoms with van der Waals surface area (Å²) >= 11 is 1.88. The van der Waals surface area contributed by atoms with Crippen molar-refractivity contribution in [1.82, 2.24) is 4.57 Å². The molecular weight excluding hydrogens is 793 g/mol. The highest BCUT2D eigenvalue weighted by Gasteiger charge is 2.39. The van der Waals surface area contributed by atoms with Crippen LogP contribution in [0.25, 0.3) is 70.5 Å². The van der Waals surface area contributed by atoms with Gasteiger partial charge in [-0.25, -0.2) is 0 Å². The molecule has 13 rings (SSSR count). The molecule has 0 saturated carbocycles. The number of aromatic nitrogens is 1. The molecule has 0 bridgehead atoms. The van der Waals surface area contributed by atoms with Gasteiger partial charge in [0.05, 0.1) is 5.69 Å². The first-order chi connectivity index (χ1) is 31.5. The van der Waals surface area contributed by atoms with E-state index in [4.69, 9.17) is 0 Å². The Hall–Kier alpha value is -6.94. The minimum atomic E-state index is -0.188. The van der Waals surface area contributed by atoms with Gasteiger partial charge in [-0.1, -0.05) is 135 Å². The summed E-state index contributed by atoms with van der Waals surface area (Å²) in [6.45, 7) is 4.89. The van der Waals surface area contributed by atoms with Gasteiger partial charge in [-0.15, -0.1) is 11.3 Å². The van der Waals surface area contributed by atoms with Crippen LogP contribution in [0, 0.1) is 0 Å². The number of anilines is 3. The van der Waals surface area contributed by atoms with Crippen LogP contribution in [0.1, 0.15) is 60.1 Å². The first-order valence-electron chi connectivity index (χ1n) is 23.1. The van der Waals surface area contributed by atoms with Gasteiger partial charge < -0.3 is 0 Å². The zero-order valence-corrected chi connectivity index (χ0v) is 37.2. The molecule has 0 atom stereocenters. The smallest absolute Gasteiger partial charge is 0.122 e. The Morgan fingerprint density at radius 3 is 1.91 bits per heavy atom. The molecule has 0 fully saturated rings. The second-order valence-corrected chi connectivity index (χ2v) is 19.7. The molecule has 3 heteroatoms. The molecule has 3 aliphatic carbocycles. The molecule has 2 aromatic heterocycles. The number of nitrogens with zero attached hydrogens (tertiary/aromatic N) is 2. The first kappa shape index (κ1) is 37.6. The fraction of sp³-hybridized carbons (Fsp3) is 0.148. The standard InChI is InChI=1S/C61H48N2S/c1-61(2)53-25-11-9-22-51(53)60-52(59-47-23-13-17-41(47)35-42-18-14-24-48(42)59)37-46(38-54(60)61)62(45-30-27-40(28-31-45)39-15-5-3-6-16-39)58-34-33-55(63(58)44-19-7-4-8-20-44)43-29-32-50-49-21-10-12-26-56(49)64-57(50)36-43/h3-12,15-16,19-22,25-38H,13-14,17-18,23-24H2,1-2H3. The van der Waals surface area contributed by atoms with Crippen molar-refractivity contribution in [2.45, 2.75) is 57.8 Å². The highest BCUT2D eigenvalue weighted by Crippen LogP contribution is 2.57. The largest absolute Gasteiger partial charge is 0.296 e. The number of hydrogen-bond acceptors (Lipinski definition) is 2. The lowest BCUT2D eigenvalue weighted by Crippen LogP contribution is -2.18. The van der Waals surface area contributed by atoms with Gasteiger partial charge in [-0.05, 0) is 166 Å². The normalized spacial score (nSPS) is 14.5. The van der Waals surface area contributed by atoms with E-state index < -0.39 is 0 Å². The summed E-state index contributed by atoms with van der Waals surface area (Å²) < 4.78 is 5.12. The van der Waals surface area contributed by atoms with Gasteiger partial charge >= 0.3 is 0 Å². The highest BCUT2D eigenvalue weighted by molar-refractivity contribution is 7.25. The van der Waals surface area contributed by atoms with Gasteiger partial charge in [0, 0.05) is 48.2 Å². The second kappa shape index (κ2) is 14.6. The maximum absolute atomic E-state index is 2.58. The van der Waals surface area contributed by atoms with Crippen LogP contribution >= 0.6 is 11.3 Å². The molecule has 3 aliphatic rings. The van der Waals surface area contributed by atoms with Crippen LogP contribution < -0.4 is 4.90 Å². The lowest BCUT2D eigenvalue weighted by atomic mass is 9.80. The van der Waals surface area contributed by atoms with Crippen molar-refractivity contribution in [3.8, 4) is 50.3 Å². The third-order valence-electron chi connectivity index (χ3n) is 14.7. The number of para-hydroxylation sites is 1. The number of benzene rings is 8. The average Bonchev–Trinajstić information content (AvgIpc) is 4.19. The van der Waals surface area contributed by atoms with Crippen molar-refractivity contribution in [2.75, 3.05) is 4.90 Å². The summed E-state index contributed by atoms with van der Waals surface area (Å²) in [5.74, 6) is 1.10. The summed E-state index contributed by atoms with van der Waals surface area (Å²) in [5, 5.41) is 2.64. The van der Waals surface area contributed by atoms with Gasteiger partial charge in [0.25, 0.3) is 0 Å². The van der Waals surface area contributed by atoms with E-state index in [1.54, 1.807) is 22.3 Å². The molecule has 0 spiro atoms. The van der Waals surface area contributed by atoms with E-state index in [1.807, 2.05) is 11.3 Å². The van der Waals surface area contributed by atoms with Crippen LogP contribution in [-0.4, -0.2) is 4.57 Å². The number of fused-ring (bicyclic) bond motifs is 8. The molecule has 0 radical (unpaired) electrons. The molecule has 10 aromatic rings. The Bertz CT molecular complexity index is 3430. The maximum Gasteiger partial charge on any atom is 0.122 e. The molecule has 0 saturated heterocycles. The Morgan fingerprint density at radius 2 is 1.12 bits per heavy atom. The molecule has 308 valence electrons. The molecule has 2 nitrogen and oxygen atoms in total. The summed E-state index contributed by atoms with van der Waals surface area (Å²) in [7, 11) is 0. The Morgan fingerprint density at radius 1 is 0.469 bits per heavy atom. The highest BCUT2D eigenvalue weighted by atomic mass is 32.1. The predicted molar refractivity (Wildman–Crippen MR) is 271 cm³/mol. The first-order valence-corrected chi connectivity index (χ1v) is 23.9. The SMILES string of the molecule is CC1(C)c2ccccc2-c2c(-c3c4c(cc5c3CCC5)CCC4)cc(N(c3ccc(-c4ccccc4)cc3)c3ccc(-c4ccc5c(c4)sc4ccccc45)n3-c3ccccc3)cc21. The third-order valence-corrected chi connectivity index (χ3v) is 15.8. The Labute approximate surface area is 379 Å². The Kier molecular flexibility index (Phi) is 8.55. The summed E-state index contributed by atoms with van der Waals surface area (Å²) in [6.07, 6.45) is 7.12. The molecule has 64 heavy (non-hydrogen) atoms. The minimum absolute atomic E-state index is 0.188. The van der Waals surface area contributed by atoms with Crippen molar-refractivity contribution in [2.24, 2.45) is 0 Å². The molecule has 2 heterocycles. The quantitative estimate of drug-likeness (QED) is 0.155. The lowest BCUT2D eigenvalue weighted by molar-refractivity contribution is 0.660. The summed E-state index contributed by atoms with van der Waals surface area (Å²) in [6, 6.07) is 68.5. The predicted octanol–water partition coefficient (Wildman–Crippen LogP) is 16.6. The van der Waals surface area contributed by atoms with Crippen LogP contribution in [0.5, 0.6) is 0 Å². The van der Waals surface area contributed by atoms with Crippen molar-refractivity contribution in [1.29, 1.82) is 0 Å². The van der Waals surface area contributed by atoms with E-state index in [0.717, 1.165) is 30.0 Å². The average molecular weight is 841 g/mol. The fourth-order valence-corrected chi connectivity index (χ4v) is 12.8. The van der Waals surface area contributed by atoms with Crippen molar-refractivity contribution in [3.63, 3.8) is 0 Å². The second-order valence-electron chi connectivity index (χ2n) is 18.6. The van der Waals surface area contributed by atoms with Crippen molar-refractivity contribution in [3.05, 3.63) is 215 Å². The molecule has 0 aliphatic heterocycles. The fourth-order valence-electron chi connectivity index (χ4n) is 11.7. The monoisotopic (exact) mass is 840 g/mol. The van der Waals surface area contributed by atoms with Crippen LogP contribution in [0.3, 0.4) is 0 Å². The van der Waals surface area contributed by atoms with Crippen LogP contribution in [-0.2, 0) is 31.1 Å². The molecule has 0 unspecified atom stereocenters. The zero-order chi connectivity index (χ0) is 42.5. The lowest BCUT2D eigenvalue weighted by Gasteiger charge is -2.31. The molecule has 8 aromatic carbocycles. The Balaban J connectivity index is 1.09. The molecule has 0 amide bonds. The number of aryl methyl sites for hydroxylation is 2. The van der Waals surface area contributed by atoms with Gasteiger partial charge in [-0.3, -0.25) is 9.47 Å². The van der Waals surface area contributed by atoms with Gasteiger partial charge in [-0.2, -0.15) is 0 Å². The van der Waals surface area contributed by atoms with Gasteiger partial charge in [0.15, 0.2) is 0 Å². The van der Waals surface area contributed by atoms with E-state index >= 15 is 0 Å². The maximum atomic E-state index is 2.58. The van der Waals surface area contributed by atoms with Gasteiger partial charge in [0.2, 0.25) is 0 Å². The zero-order valence-electron chi connectivity index (χ0n) is 36.4. The van der Waals surface area contributed by atoms with E-state index in [2.05, 4.69) is 205 Å². The van der Waals surface area contributed by atoms with Crippen LogP contribution in [0.2, 0.25) is 0 Å². The molecular formula is C61H48N2S. The van der Waals surface area contributed by atoms with E-state index in [0.29, 0.717) is 0 Å². The number of hydrogen-bond donors (Lipinski definition) is 0. The van der Waals surface area contributed by atoms with Crippen molar-refractivity contribution >= 4 is 48.7 Å².